The third-order valence-corrected chi connectivity index (χ3v) is 6.92. The first-order valence-electron chi connectivity index (χ1n) is 12.8. The van der Waals surface area contributed by atoms with Gasteiger partial charge in [-0.25, -0.2) is 0 Å². The Bertz CT molecular complexity index is 1220. The molecule has 2 aliphatic rings. The predicted octanol–water partition coefficient (Wildman–Crippen LogP) is 5.60. The molecule has 1 aromatic rings. The zero-order chi connectivity index (χ0) is 29.7. The second-order valence-corrected chi connectivity index (χ2v) is 10.0. The highest BCUT2D eigenvalue weighted by Gasteiger charge is 2.39. The van der Waals surface area contributed by atoms with Gasteiger partial charge in [0.2, 0.25) is 0 Å². The van der Waals surface area contributed by atoms with Crippen molar-refractivity contribution in [2.24, 2.45) is 0 Å². The van der Waals surface area contributed by atoms with E-state index in [0.29, 0.717) is 51.2 Å². The van der Waals surface area contributed by atoms with Crippen molar-refractivity contribution in [1.29, 1.82) is 0 Å². The largest absolute Gasteiger partial charge is 0.416 e. The SMILES string of the molecule is C#C/C=C\C1=C(C)CNC=C1CC1CN(CCCC(C)=O)CCN1C(=O)c1cc(C(F)(F)F)cc(C(F)(F)F)c1. The predicted molar refractivity (Wildman–Crippen MR) is 139 cm³/mol. The molecule has 40 heavy (non-hydrogen) atoms. The van der Waals surface area contributed by atoms with E-state index >= 15 is 0 Å². The molecule has 0 spiro atoms. The van der Waals surface area contributed by atoms with Gasteiger partial charge < -0.3 is 15.0 Å². The Kier molecular flexibility index (Phi) is 9.90. The van der Waals surface area contributed by atoms with Gasteiger partial charge in [0.25, 0.3) is 5.91 Å². The van der Waals surface area contributed by atoms with Crippen LogP contribution in [0.1, 0.15) is 54.6 Å². The lowest BCUT2D eigenvalue weighted by Crippen LogP contribution is -2.55. The summed E-state index contributed by atoms with van der Waals surface area (Å²) in [7, 11) is 0. The molecule has 1 amide bonds. The first-order valence-corrected chi connectivity index (χ1v) is 12.8. The van der Waals surface area contributed by atoms with E-state index in [2.05, 4.69) is 16.1 Å². The summed E-state index contributed by atoms with van der Waals surface area (Å²) in [6, 6.07) is 0.397. The number of hydrogen-bond donors (Lipinski definition) is 1. The molecule has 1 saturated heterocycles. The van der Waals surface area contributed by atoms with E-state index in [1.165, 1.54) is 17.9 Å². The lowest BCUT2D eigenvalue weighted by Gasteiger charge is -2.42. The molecule has 3 rings (SSSR count). The minimum atomic E-state index is -5.07. The summed E-state index contributed by atoms with van der Waals surface area (Å²) in [5.74, 6) is 1.57. The lowest BCUT2D eigenvalue weighted by molar-refractivity contribution is -0.143. The van der Waals surface area contributed by atoms with Crippen LogP contribution in [0, 0.1) is 12.3 Å². The first-order chi connectivity index (χ1) is 18.7. The molecule has 216 valence electrons. The molecule has 1 unspecified atom stereocenters. The van der Waals surface area contributed by atoms with Crippen LogP contribution in [0.5, 0.6) is 0 Å². The van der Waals surface area contributed by atoms with Crippen LogP contribution >= 0.6 is 0 Å². The van der Waals surface area contributed by atoms with Crippen LogP contribution in [0.4, 0.5) is 26.3 Å². The normalized spacial score (nSPS) is 18.9. The highest BCUT2D eigenvalue weighted by atomic mass is 19.4. The van der Waals surface area contributed by atoms with Crippen molar-refractivity contribution >= 4 is 11.7 Å². The number of carbonyl (C=O) groups is 2. The van der Waals surface area contributed by atoms with Gasteiger partial charge in [-0.2, -0.15) is 26.3 Å². The molecule has 0 saturated carbocycles. The first kappa shape index (κ1) is 31.0. The van der Waals surface area contributed by atoms with Crippen LogP contribution in [0.15, 0.2) is 53.3 Å². The number of piperazine rings is 1. The van der Waals surface area contributed by atoms with E-state index in [4.69, 9.17) is 6.42 Å². The average molecular weight is 568 g/mol. The zero-order valence-electron chi connectivity index (χ0n) is 22.3. The molecular formula is C29H31F6N3O2. The van der Waals surface area contributed by atoms with Crippen molar-refractivity contribution in [2.75, 3.05) is 32.7 Å². The Labute approximate surface area is 229 Å². The van der Waals surface area contributed by atoms with E-state index in [-0.39, 0.29) is 24.8 Å². The number of dihydropyridines is 1. The van der Waals surface area contributed by atoms with Crippen LogP contribution < -0.4 is 5.32 Å². The second-order valence-electron chi connectivity index (χ2n) is 10.0. The summed E-state index contributed by atoms with van der Waals surface area (Å²) in [4.78, 5) is 28.4. The number of hydrogen-bond acceptors (Lipinski definition) is 4. The van der Waals surface area contributed by atoms with Gasteiger partial charge in [0.1, 0.15) is 5.78 Å². The molecule has 1 aromatic carbocycles. The number of nitrogens with zero attached hydrogens (tertiary/aromatic N) is 2. The summed E-state index contributed by atoms with van der Waals surface area (Å²) in [6.45, 7) is 5.33. The number of ketones is 1. The summed E-state index contributed by atoms with van der Waals surface area (Å²) >= 11 is 0. The van der Waals surface area contributed by atoms with E-state index in [1.807, 2.05) is 6.92 Å². The fraction of sp³-hybridized carbons (Fsp3) is 0.448. The molecule has 1 N–H and O–H groups in total. The number of terminal acetylenes is 1. The van der Waals surface area contributed by atoms with Gasteiger partial charge in [-0.1, -0.05) is 5.92 Å². The van der Waals surface area contributed by atoms with Gasteiger partial charge in [0, 0.05) is 50.4 Å². The Balaban J connectivity index is 1.97. The summed E-state index contributed by atoms with van der Waals surface area (Å²) in [5.41, 5.74) is -1.09. The highest BCUT2D eigenvalue weighted by molar-refractivity contribution is 5.95. The molecule has 1 atom stereocenters. The minimum absolute atomic E-state index is 0.0113. The second kappa shape index (κ2) is 12.8. The monoisotopic (exact) mass is 567 g/mol. The molecule has 5 nitrogen and oxygen atoms in total. The van der Waals surface area contributed by atoms with Crippen LogP contribution in [-0.4, -0.2) is 60.3 Å². The summed E-state index contributed by atoms with van der Waals surface area (Å²) in [6.07, 6.45) is 1.60. The van der Waals surface area contributed by atoms with E-state index in [1.54, 1.807) is 12.3 Å². The number of nitrogens with one attached hydrogen (secondary N) is 1. The summed E-state index contributed by atoms with van der Waals surface area (Å²) in [5, 5.41) is 3.15. The smallest absolute Gasteiger partial charge is 0.387 e. The van der Waals surface area contributed by atoms with Crippen LogP contribution in [0.3, 0.4) is 0 Å². The van der Waals surface area contributed by atoms with Crippen LogP contribution in [0.2, 0.25) is 0 Å². The number of amides is 1. The van der Waals surface area contributed by atoms with Crippen molar-refractivity contribution < 1.29 is 35.9 Å². The van der Waals surface area contributed by atoms with Gasteiger partial charge in [0.15, 0.2) is 0 Å². The van der Waals surface area contributed by atoms with Crippen molar-refractivity contribution in [1.82, 2.24) is 15.1 Å². The fourth-order valence-electron chi connectivity index (χ4n) is 4.94. The third-order valence-electron chi connectivity index (χ3n) is 6.92. The number of carbonyl (C=O) groups excluding carboxylic acids is 2. The zero-order valence-corrected chi connectivity index (χ0v) is 22.3. The van der Waals surface area contributed by atoms with Gasteiger partial charge >= 0.3 is 12.4 Å². The van der Waals surface area contributed by atoms with Crippen molar-refractivity contribution in [3.63, 3.8) is 0 Å². The van der Waals surface area contributed by atoms with E-state index in [9.17, 15) is 35.9 Å². The van der Waals surface area contributed by atoms with Crippen molar-refractivity contribution in [3.05, 3.63) is 70.0 Å². The number of halogens is 6. The number of benzene rings is 1. The topological polar surface area (TPSA) is 52.7 Å². The van der Waals surface area contributed by atoms with Gasteiger partial charge in [0.05, 0.1) is 11.1 Å². The van der Waals surface area contributed by atoms with Crippen LogP contribution in [-0.2, 0) is 17.1 Å². The van der Waals surface area contributed by atoms with Crippen molar-refractivity contribution in [3.8, 4) is 12.3 Å². The fourth-order valence-corrected chi connectivity index (χ4v) is 4.94. The summed E-state index contributed by atoms with van der Waals surface area (Å²) < 4.78 is 80.8. The Morgan fingerprint density at radius 2 is 1.75 bits per heavy atom. The lowest BCUT2D eigenvalue weighted by atomic mass is 9.91. The van der Waals surface area contributed by atoms with Gasteiger partial charge in [-0.05, 0) is 80.3 Å². The highest BCUT2D eigenvalue weighted by Crippen LogP contribution is 2.37. The van der Waals surface area contributed by atoms with Crippen LogP contribution in [0.25, 0.3) is 0 Å². The number of rotatable bonds is 8. The molecule has 0 aromatic heterocycles. The number of alkyl halides is 6. The maximum absolute atomic E-state index is 13.6. The standard InChI is InChI=1S/C29H31F6N3O2/c1-4-5-8-26-19(2)16-36-17-22(26)14-25-18-37(9-6-7-20(3)39)10-11-38(25)27(40)21-12-23(28(30,31)32)15-24(13-21)29(33,34)35/h1,5,8,12-13,15,17,25,36H,6-7,9-11,14,16,18H2,2-3H3/b8-5-. The molecule has 11 heteroatoms. The Hall–Kier alpha value is -3.52. The number of Topliss-reactive ketones (excluding diaryl/α,β-unsaturated/α-hetero) is 1. The quantitative estimate of drug-likeness (QED) is 0.328. The Morgan fingerprint density at radius 1 is 1.10 bits per heavy atom. The molecule has 2 heterocycles. The van der Waals surface area contributed by atoms with Gasteiger partial charge in [-0.3, -0.25) is 9.69 Å². The van der Waals surface area contributed by atoms with E-state index < -0.39 is 41.0 Å². The molecule has 2 aliphatic heterocycles. The van der Waals surface area contributed by atoms with Gasteiger partial charge in [-0.15, -0.1) is 6.42 Å². The average Bonchev–Trinajstić information content (AvgIpc) is 2.87. The van der Waals surface area contributed by atoms with E-state index in [0.717, 1.165) is 16.7 Å². The Morgan fingerprint density at radius 3 is 2.33 bits per heavy atom. The molecule has 0 radical (unpaired) electrons. The molecule has 0 bridgehead atoms. The van der Waals surface area contributed by atoms with Crippen molar-refractivity contribution in [2.45, 2.75) is 51.5 Å². The third kappa shape index (κ3) is 8.01. The maximum atomic E-state index is 13.6. The number of allylic oxidation sites excluding steroid dienone is 3. The minimum Gasteiger partial charge on any atom is -0.387 e. The molecular weight excluding hydrogens is 536 g/mol. The maximum Gasteiger partial charge on any atom is 0.416 e. The molecule has 0 aliphatic carbocycles. The molecule has 1 fully saturated rings.